The lowest BCUT2D eigenvalue weighted by Crippen LogP contribution is -2.67. The first kappa shape index (κ1) is 21.8. The zero-order valence-corrected chi connectivity index (χ0v) is 18.1. The normalized spacial score (nSPS) is 27.3. The molecule has 2 aliphatic rings. The minimum atomic E-state index is -3.13. The van der Waals surface area contributed by atoms with Crippen LogP contribution in [-0.4, -0.2) is 76.5 Å². The number of piperidine rings is 1. The zero-order valence-electron chi connectivity index (χ0n) is 15.8. The third-order valence-electron chi connectivity index (χ3n) is 5.44. The average molecular weight is 427 g/mol. The molecule has 0 aliphatic carbocycles. The highest BCUT2D eigenvalue weighted by molar-refractivity contribution is 7.91. The number of sulfone groups is 1. The molecule has 1 atom stereocenters. The first-order valence-electron chi connectivity index (χ1n) is 8.81. The minimum Gasteiger partial charge on any atom is -0.334 e. The third-order valence-corrected chi connectivity index (χ3v) is 7.65. The number of hydrogen-bond acceptors (Lipinski definition) is 4. The Labute approximate surface area is 166 Å². The van der Waals surface area contributed by atoms with Crippen molar-refractivity contribution in [2.24, 2.45) is 0 Å². The van der Waals surface area contributed by atoms with Gasteiger partial charge in [-0.05, 0) is 47.0 Å². The Morgan fingerprint density at radius 1 is 1.04 bits per heavy atom. The van der Waals surface area contributed by atoms with Gasteiger partial charge in [-0.2, -0.15) is 0 Å². The SMILES string of the molecule is CC1(C)CC(N(C(=O)CCl)[C@H]2CCS(=O)(=O)C2)CC(C)(C)N1C(=O)CCl. The number of nitrogens with zero attached hydrogens (tertiary/aromatic N) is 2. The molecule has 26 heavy (non-hydrogen) atoms. The molecular weight excluding hydrogens is 399 g/mol. The van der Waals surface area contributed by atoms with E-state index in [1.165, 1.54) is 0 Å². The Morgan fingerprint density at radius 2 is 1.58 bits per heavy atom. The van der Waals surface area contributed by atoms with Gasteiger partial charge in [0.15, 0.2) is 9.84 Å². The van der Waals surface area contributed by atoms with Gasteiger partial charge in [-0.15, -0.1) is 23.2 Å². The lowest BCUT2D eigenvalue weighted by molar-refractivity contribution is -0.153. The maximum atomic E-state index is 12.6. The van der Waals surface area contributed by atoms with Crippen LogP contribution in [0.4, 0.5) is 0 Å². The molecule has 0 aromatic heterocycles. The predicted octanol–water partition coefficient (Wildman–Crippen LogP) is 2.03. The lowest BCUT2D eigenvalue weighted by Gasteiger charge is -2.57. The number of alkyl halides is 2. The van der Waals surface area contributed by atoms with Crippen molar-refractivity contribution in [1.29, 1.82) is 0 Å². The van der Waals surface area contributed by atoms with Crippen LogP contribution in [0.15, 0.2) is 0 Å². The molecule has 2 aliphatic heterocycles. The van der Waals surface area contributed by atoms with Crippen LogP contribution in [0.3, 0.4) is 0 Å². The van der Waals surface area contributed by atoms with Crippen LogP contribution in [0, 0.1) is 0 Å². The second-order valence-corrected chi connectivity index (χ2v) is 11.3. The molecule has 2 saturated heterocycles. The van der Waals surface area contributed by atoms with E-state index in [4.69, 9.17) is 23.2 Å². The van der Waals surface area contributed by atoms with E-state index < -0.39 is 20.9 Å². The van der Waals surface area contributed by atoms with Crippen molar-refractivity contribution in [3.63, 3.8) is 0 Å². The summed E-state index contributed by atoms with van der Waals surface area (Å²) in [4.78, 5) is 28.5. The van der Waals surface area contributed by atoms with Crippen LogP contribution in [-0.2, 0) is 19.4 Å². The van der Waals surface area contributed by atoms with Gasteiger partial charge < -0.3 is 9.80 Å². The molecule has 2 heterocycles. The average Bonchev–Trinajstić information content (AvgIpc) is 2.84. The summed E-state index contributed by atoms with van der Waals surface area (Å²) >= 11 is 11.6. The van der Waals surface area contributed by atoms with Gasteiger partial charge in [0.25, 0.3) is 0 Å². The highest BCUT2D eigenvalue weighted by Gasteiger charge is 2.51. The van der Waals surface area contributed by atoms with Crippen molar-refractivity contribution in [3.8, 4) is 0 Å². The molecular formula is C17H28Cl2N2O4S. The van der Waals surface area contributed by atoms with Crippen LogP contribution in [0.5, 0.6) is 0 Å². The van der Waals surface area contributed by atoms with Crippen LogP contribution in [0.25, 0.3) is 0 Å². The number of rotatable bonds is 4. The fourth-order valence-corrected chi connectivity index (χ4v) is 6.90. The van der Waals surface area contributed by atoms with Crippen molar-refractivity contribution < 1.29 is 18.0 Å². The van der Waals surface area contributed by atoms with Crippen molar-refractivity contribution in [2.75, 3.05) is 23.3 Å². The van der Waals surface area contributed by atoms with E-state index in [9.17, 15) is 18.0 Å². The number of amides is 2. The topological polar surface area (TPSA) is 74.8 Å². The van der Waals surface area contributed by atoms with E-state index in [1.54, 1.807) is 9.80 Å². The predicted molar refractivity (Wildman–Crippen MR) is 103 cm³/mol. The smallest absolute Gasteiger partial charge is 0.238 e. The highest BCUT2D eigenvalue weighted by Crippen LogP contribution is 2.41. The Kier molecular flexibility index (Phi) is 6.26. The summed E-state index contributed by atoms with van der Waals surface area (Å²) in [5.41, 5.74) is -1.03. The molecule has 0 unspecified atom stereocenters. The summed E-state index contributed by atoms with van der Waals surface area (Å²) in [6, 6.07) is -0.526. The number of carbonyl (C=O) groups excluding carboxylic acids is 2. The summed E-state index contributed by atoms with van der Waals surface area (Å²) in [5, 5.41) is 0. The molecule has 0 spiro atoms. The largest absolute Gasteiger partial charge is 0.334 e. The van der Waals surface area contributed by atoms with E-state index in [0.29, 0.717) is 19.3 Å². The summed E-state index contributed by atoms with van der Waals surface area (Å²) in [6.07, 6.45) is 1.54. The Bertz CT molecular complexity index is 660. The van der Waals surface area contributed by atoms with Gasteiger partial charge in [-0.25, -0.2) is 8.42 Å². The Balaban J connectivity index is 2.36. The molecule has 2 amide bonds. The molecule has 0 radical (unpaired) electrons. The number of halogens is 2. The number of likely N-dealkylation sites (tertiary alicyclic amines) is 1. The van der Waals surface area contributed by atoms with E-state index in [2.05, 4.69) is 0 Å². The van der Waals surface area contributed by atoms with Gasteiger partial charge >= 0.3 is 0 Å². The Morgan fingerprint density at radius 3 is 1.96 bits per heavy atom. The molecule has 0 aromatic rings. The number of carbonyl (C=O) groups is 2. The summed E-state index contributed by atoms with van der Waals surface area (Å²) < 4.78 is 23.9. The monoisotopic (exact) mass is 426 g/mol. The fraction of sp³-hybridized carbons (Fsp3) is 0.882. The van der Waals surface area contributed by atoms with Gasteiger partial charge in [-0.1, -0.05) is 0 Å². The highest BCUT2D eigenvalue weighted by atomic mass is 35.5. The van der Waals surface area contributed by atoms with Crippen LogP contribution in [0.1, 0.15) is 47.0 Å². The Hall–Kier alpha value is -0.530. The molecule has 2 fully saturated rings. The molecule has 0 bridgehead atoms. The zero-order chi connectivity index (χ0) is 19.9. The lowest BCUT2D eigenvalue weighted by atomic mass is 9.76. The maximum Gasteiger partial charge on any atom is 0.238 e. The molecule has 0 N–H and O–H groups in total. The molecule has 0 aromatic carbocycles. The minimum absolute atomic E-state index is 0.0166. The van der Waals surface area contributed by atoms with Gasteiger partial charge in [0.05, 0.1) is 11.5 Å². The first-order chi connectivity index (χ1) is 11.8. The standard InChI is InChI=1S/C17H28Cl2N2O4S/c1-16(2)7-13(8-17(3,4)21(16)15(23)10-19)20(14(22)9-18)12-5-6-26(24,25)11-12/h12-13H,5-11H2,1-4H3/t12-/m0/s1. The van der Waals surface area contributed by atoms with Crippen LogP contribution in [0.2, 0.25) is 0 Å². The second-order valence-electron chi connectivity index (χ2n) is 8.54. The summed E-state index contributed by atoms with van der Waals surface area (Å²) in [6.45, 7) is 7.83. The summed E-state index contributed by atoms with van der Waals surface area (Å²) in [5.74, 6) is -0.584. The second kappa shape index (κ2) is 7.47. The van der Waals surface area contributed by atoms with Crippen molar-refractivity contribution in [3.05, 3.63) is 0 Å². The molecule has 0 saturated carbocycles. The van der Waals surface area contributed by atoms with Gasteiger partial charge in [0.2, 0.25) is 11.8 Å². The molecule has 150 valence electrons. The molecule has 9 heteroatoms. The van der Waals surface area contributed by atoms with Gasteiger partial charge in [-0.3, -0.25) is 9.59 Å². The molecule has 6 nitrogen and oxygen atoms in total. The quantitative estimate of drug-likeness (QED) is 0.644. The molecule has 2 rings (SSSR count). The fourth-order valence-electron chi connectivity index (χ4n) is 4.93. The van der Waals surface area contributed by atoms with Crippen molar-refractivity contribution >= 4 is 44.9 Å². The third kappa shape index (κ3) is 4.30. The van der Waals surface area contributed by atoms with E-state index in [0.717, 1.165) is 0 Å². The van der Waals surface area contributed by atoms with Crippen molar-refractivity contribution in [1.82, 2.24) is 9.80 Å². The van der Waals surface area contributed by atoms with Gasteiger partial charge in [0, 0.05) is 23.2 Å². The van der Waals surface area contributed by atoms with E-state index in [-0.39, 0.29) is 47.2 Å². The first-order valence-corrected chi connectivity index (χ1v) is 11.7. The van der Waals surface area contributed by atoms with E-state index >= 15 is 0 Å². The van der Waals surface area contributed by atoms with Crippen LogP contribution >= 0.6 is 23.2 Å². The number of hydrogen-bond donors (Lipinski definition) is 0. The summed E-state index contributed by atoms with van der Waals surface area (Å²) in [7, 11) is -3.13. The maximum absolute atomic E-state index is 12.6. The van der Waals surface area contributed by atoms with E-state index in [1.807, 2.05) is 27.7 Å². The van der Waals surface area contributed by atoms with Gasteiger partial charge in [0.1, 0.15) is 11.8 Å². The van der Waals surface area contributed by atoms with Crippen LogP contribution < -0.4 is 0 Å². The van der Waals surface area contributed by atoms with Crippen molar-refractivity contribution in [2.45, 2.75) is 70.1 Å².